The summed E-state index contributed by atoms with van der Waals surface area (Å²) in [6.07, 6.45) is 12.0. The second kappa shape index (κ2) is 9.57. The molecule has 2 saturated heterocycles. The van der Waals surface area contributed by atoms with Gasteiger partial charge in [0.25, 0.3) is 0 Å². The molecule has 0 unspecified atom stereocenters. The Morgan fingerprint density at radius 1 is 0.821 bits per heavy atom. The number of nitrogens with one attached hydrogen (secondary N) is 1. The number of hydrogen-bond acceptors (Lipinski definition) is 4. The topological polar surface area (TPSA) is 55.9 Å². The molecule has 6 heteroatoms. The van der Waals surface area contributed by atoms with Crippen LogP contribution in [0.4, 0.5) is 0 Å². The van der Waals surface area contributed by atoms with Gasteiger partial charge in [-0.05, 0) is 38.0 Å². The minimum atomic E-state index is 0.158. The molecule has 0 atom stereocenters. The Morgan fingerprint density at radius 3 is 2.14 bits per heavy atom. The third kappa shape index (κ3) is 5.69. The van der Waals surface area contributed by atoms with Crippen LogP contribution in [0.15, 0.2) is 0 Å². The first-order valence-corrected chi connectivity index (χ1v) is 11.7. The van der Waals surface area contributed by atoms with Crippen LogP contribution in [0.2, 0.25) is 0 Å². The maximum Gasteiger partial charge on any atom is 0.234 e. The summed E-state index contributed by atoms with van der Waals surface area (Å²) in [4.78, 5) is 31.7. The predicted molar refractivity (Wildman–Crippen MR) is 110 cm³/mol. The van der Waals surface area contributed by atoms with Crippen LogP contribution < -0.4 is 5.32 Å². The second-order valence-corrected chi connectivity index (χ2v) is 9.46. The molecule has 2 saturated carbocycles. The van der Waals surface area contributed by atoms with Crippen LogP contribution in [0.1, 0.15) is 64.2 Å². The molecule has 2 aliphatic heterocycles. The average Bonchev–Trinajstić information content (AvgIpc) is 3.42. The van der Waals surface area contributed by atoms with Gasteiger partial charge in [0.2, 0.25) is 11.8 Å². The van der Waals surface area contributed by atoms with Crippen molar-refractivity contribution in [2.45, 2.75) is 76.3 Å². The lowest BCUT2D eigenvalue weighted by Crippen LogP contribution is -2.52. The van der Waals surface area contributed by atoms with E-state index in [0.29, 0.717) is 24.9 Å². The number of carbonyl (C=O) groups is 2. The summed E-state index contributed by atoms with van der Waals surface area (Å²) in [6, 6.07) is 1.19. The van der Waals surface area contributed by atoms with Crippen molar-refractivity contribution in [3.63, 3.8) is 0 Å². The predicted octanol–water partition coefficient (Wildman–Crippen LogP) is 1.84. The van der Waals surface area contributed by atoms with E-state index >= 15 is 0 Å². The first kappa shape index (κ1) is 20.1. The molecule has 0 aromatic carbocycles. The number of likely N-dealkylation sites (tertiary alicyclic amines) is 1. The first-order valence-electron chi connectivity index (χ1n) is 11.7. The van der Waals surface area contributed by atoms with E-state index in [-0.39, 0.29) is 5.91 Å². The Balaban J connectivity index is 1.09. The SMILES string of the molecule is O=C(CN1CCN(C(=O)CCC2CCCC2)CC1)NC1CCN(C2CC2)CC1. The highest BCUT2D eigenvalue weighted by Crippen LogP contribution is 2.29. The first-order chi connectivity index (χ1) is 13.7. The smallest absolute Gasteiger partial charge is 0.234 e. The standard InChI is InChI=1S/C22H38N4O2/c27-21(23-19-9-11-25(12-10-19)20-6-7-20)17-24-13-15-26(16-14-24)22(28)8-5-18-3-1-2-4-18/h18-20H,1-17H2,(H,23,27). The molecule has 0 spiro atoms. The summed E-state index contributed by atoms with van der Waals surface area (Å²) in [5, 5.41) is 3.24. The van der Waals surface area contributed by atoms with E-state index in [1.165, 1.54) is 38.5 Å². The van der Waals surface area contributed by atoms with Gasteiger partial charge in [-0.15, -0.1) is 0 Å². The number of piperazine rings is 1. The molecule has 4 aliphatic rings. The van der Waals surface area contributed by atoms with Crippen LogP contribution in [0.25, 0.3) is 0 Å². The van der Waals surface area contributed by atoms with E-state index < -0.39 is 0 Å². The van der Waals surface area contributed by atoms with Crippen LogP contribution in [-0.2, 0) is 9.59 Å². The summed E-state index contributed by atoms with van der Waals surface area (Å²) < 4.78 is 0. The third-order valence-electron chi connectivity index (χ3n) is 7.29. The second-order valence-electron chi connectivity index (χ2n) is 9.46. The van der Waals surface area contributed by atoms with E-state index in [2.05, 4.69) is 15.1 Å². The quantitative estimate of drug-likeness (QED) is 0.721. The van der Waals surface area contributed by atoms with Crippen LogP contribution in [0.3, 0.4) is 0 Å². The Hall–Kier alpha value is -1.14. The van der Waals surface area contributed by atoms with Crippen LogP contribution >= 0.6 is 0 Å². The average molecular weight is 391 g/mol. The fourth-order valence-electron chi connectivity index (χ4n) is 5.27. The van der Waals surface area contributed by atoms with Crippen molar-refractivity contribution in [1.82, 2.24) is 20.0 Å². The minimum absolute atomic E-state index is 0.158. The molecule has 6 nitrogen and oxygen atoms in total. The van der Waals surface area contributed by atoms with Gasteiger partial charge in [-0.3, -0.25) is 14.5 Å². The van der Waals surface area contributed by atoms with E-state index in [1.54, 1.807) is 0 Å². The summed E-state index contributed by atoms with van der Waals surface area (Å²) >= 11 is 0. The van der Waals surface area contributed by atoms with Crippen molar-refractivity contribution in [2.24, 2.45) is 5.92 Å². The largest absolute Gasteiger partial charge is 0.352 e. The lowest BCUT2D eigenvalue weighted by atomic mass is 10.0. The number of nitrogens with zero attached hydrogens (tertiary/aromatic N) is 3. The van der Waals surface area contributed by atoms with Crippen molar-refractivity contribution >= 4 is 11.8 Å². The number of carbonyl (C=O) groups excluding carboxylic acids is 2. The molecule has 2 heterocycles. The number of hydrogen-bond donors (Lipinski definition) is 1. The maximum atomic E-state index is 12.4. The zero-order chi connectivity index (χ0) is 19.3. The highest BCUT2D eigenvalue weighted by Gasteiger charge is 2.32. The summed E-state index contributed by atoms with van der Waals surface area (Å²) in [6.45, 7) is 5.94. The van der Waals surface area contributed by atoms with E-state index in [0.717, 1.165) is 70.5 Å². The highest BCUT2D eigenvalue weighted by molar-refractivity contribution is 5.78. The van der Waals surface area contributed by atoms with E-state index in [4.69, 9.17) is 0 Å². The van der Waals surface area contributed by atoms with Crippen molar-refractivity contribution in [2.75, 3.05) is 45.8 Å². The molecular formula is C22H38N4O2. The Morgan fingerprint density at radius 2 is 1.50 bits per heavy atom. The molecule has 0 radical (unpaired) electrons. The van der Waals surface area contributed by atoms with Gasteiger partial charge in [-0.25, -0.2) is 0 Å². The van der Waals surface area contributed by atoms with Crippen LogP contribution in [0, 0.1) is 5.92 Å². The molecule has 0 aromatic heterocycles. The van der Waals surface area contributed by atoms with Gasteiger partial charge in [0, 0.05) is 57.8 Å². The van der Waals surface area contributed by atoms with E-state index in [9.17, 15) is 9.59 Å². The van der Waals surface area contributed by atoms with Gasteiger partial charge >= 0.3 is 0 Å². The van der Waals surface area contributed by atoms with Gasteiger partial charge in [0.15, 0.2) is 0 Å². The Bertz CT molecular complexity index is 529. The summed E-state index contributed by atoms with van der Waals surface area (Å²) in [5.74, 6) is 1.26. The van der Waals surface area contributed by atoms with E-state index in [1.807, 2.05) is 4.90 Å². The van der Waals surface area contributed by atoms with Crippen molar-refractivity contribution in [3.05, 3.63) is 0 Å². The number of piperidine rings is 1. The lowest BCUT2D eigenvalue weighted by molar-refractivity contribution is -0.133. The van der Waals surface area contributed by atoms with Gasteiger partial charge in [0.05, 0.1) is 6.54 Å². The molecule has 1 N–H and O–H groups in total. The van der Waals surface area contributed by atoms with Crippen molar-refractivity contribution < 1.29 is 9.59 Å². The molecule has 4 fully saturated rings. The van der Waals surface area contributed by atoms with Crippen molar-refractivity contribution in [3.8, 4) is 0 Å². The summed E-state index contributed by atoms with van der Waals surface area (Å²) in [7, 11) is 0. The molecule has 0 aromatic rings. The maximum absolute atomic E-state index is 12.4. The van der Waals surface area contributed by atoms with Crippen LogP contribution in [-0.4, -0.2) is 84.4 Å². The van der Waals surface area contributed by atoms with Gasteiger partial charge in [0.1, 0.15) is 0 Å². The fraction of sp³-hybridized carbons (Fsp3) is 0.909. The number of rotatable bonds is 7. The normalized spacial score (nSPS) is 25.9. The molecule has 28 heavy (non-hydrogen) atoms. The Labute approximate surface area is 170 Å². The molecular weight excluding hydrogens is 352 g/mol. The third-order valence-corrected chi connectivity index (χ3v) is 7.29. The lowest BCUT2D eigenvalue weighted by Gasteiger charge is -2.35. The molecule has 2 aliphatic carbocycles. The molecule has 2 amide bonds. The molecule has 0 bridgehead atoms. The van der Waals surface area contributed by atoms with Gasteiger partial charge in [-0.1, -0.05) is 25.7 Å². The zero-order valence-electron chi connectivity index (χ0n) is 17.4. The van der Waals surface area contributed by atoms with Gasteiger partial charge < -0.3 is 15.1 Å². The summed E-state index contributed by atoms with van der Waals surface area (Å²) in [5.41, 5.74) is 0. The van der Waals surface area contributed by atoms with Crippen LogP contribution in [0.5, 0.6) is 0 Å². The molecule has 158 valence electrons. The monoisotopic (exact) mass is 390 g/mol. The van der Waals surface area contributed by atoms with Crippen molar-refractivity contribution in [1.29, 1.82) is 0 Å². The highest BCUT2D eigenvalue weighted by atomic mass is 16.2. The van der Waals surface area contributed by atoms with Gasteiger partial charge in [-0.2, -0.15) is 0 Å². The number of amides is 2. The Kier molecular flexibility index (Phi) is 6.89. The molecule has 4 rings (SSSR count). The minimum Gasteiger partial charge on any atom is -0.352 e. The zero-order valence-corrected chi connectivity index (χ0v) is 17.4. The fourth-order valence-corrected chi connectivity index (χ4v) is 5.27.